The van der Waals surface area contributed by atoms with Crippen molar-refractivity contribution < 1.29 is 9.90 Å². The molecule has 0 fully saturated rings. The fourth-order valence-electron chi connectivity index (χ4n) is 1.12. The fraction of sp³-hybridized carbons (Fsp3) is 0.667. The molecule has 0 aromatic rings. The molecule has 0 spiro atoms. The van der Waals surface area contributed by atoms with Crippen molar-refractivity contribution >= 4 is 18.4 Å². The van der Waals surface area contributed by atoms with Gasteiger partial charge >= 0.3 is 5.97 Å². The van der Waals surface area contributed by atoms with Crippen LogP contribution in [0.3, 0.4) is 0 Å². The fourth-order valence-corrected chi connectivity index (χ4v) is 1.12. The Bertz CT molecular complexity index is 216. The Morgan fingerprint density at radius 2 is 1.77 bits per heavy atom. The Hall–Kier alpha value is -0.700. The molecule has 78 valence electrons. The maximum absolute atomic E-state index is 10.8. The van der Waals surface area contributed by atoms with Gasteiger partial charge in [0.15, 0.2) is 0 Å². The van der Waals surface area contributed by atoms with E-state index < -0.39 is 5.97 Å². The summed E-state index contributed by atoms with van der Waals surface area (Å²) in [6.07, 6.45) is 0.582. The Morgan fingerprint density at radius 3 is 1.85 bits per heavy atom. The SMILES string of the molecule is CCC(N)=C(C(=O)O)C(C)(C)C.Cl. The normalized spacial score (nSPS) is 12.9. The maximum Gasteiger partial charge on any atom is 0.333 e. The third-order valence-electron chi connectivity index (χ3n) is 1.67. The van der Waals surface area contributed by atoms with Crippen LogP contribution >= 0.6 is 12.4 Å². The molecule has 0 unspecified atom stereocenters. The molecule has 0 heterocycles. The zero-order valence-electron chi connectivity index (χ0n) is 8.55. The van der Waals surface area contributed by atoms with E-state index in [1.165, 1.54) is 0 Å². The van der Waals surface area contributed by atoms with Crippen LogP contribution in [-0.4, -0.2) is 11.1 Å². The molecule has 0 aliphatic heterocycles. The van der Waals surface area contributed by atoms with Gasteiger partial charge in [-0.25, -0.2) is 4.79 Å². The Kier molecular flexibility index (Phi) is 5.83. The number of carboxylic acid groups (broad SMARTS) is 1. The van der Waals surface area contributed by atoms with Crippen molar-refractivity contribution in [1.29, 1.82) is 0 Å². The van der Waals surface area contributed by atoms with Crippen molar-refractivity contribution in [2.45, 2.75) is 34.1 Å². The summed E-state index contributed by atoms with van der Waals surface area (Å²) in [4.78, 5) is 10.8. The van der Waals surface area contributed by atoms with Gasteiger partial charge in [0.25, 0.3) is 0 Å². The number of carboxylic acids is 1. The van der Waals surface area contributed by atoms with Crippen LogP contribution in [0.2, 0.25) is 0 Å². The second kappa shape index (κ2) is 5.12. The molecule has 0 aliphatic carbocycles. The molecule has 0 aliphatic rings. The van der Waals surface area contributed by atoms with E-state index in [0.29, 0.717) is 17.7 Å². The molecular formula is C9H18ClNO2. The first-order valence-electron chi connectivity index (χ1n) is 4.03. The zero-order chi connectivity index (χ0) is 9.94. The number of aliphatic carboxylic acids is 1. The monoisotopic (exact) mass is 207 g/mol. The summed E-state index contributed by atoms with van der Waals surface area (Å²) in [5.41, 5.74) is 6.01. The minimum atomic E-state index is -0.915. The topological polar surface area (TPSA) is 63.3 Å². The molecule has 0 radical (unpaired) electrons. The van der Waals surface area contributed by atoms with E-state index in [1.54, 1.807) is 0 Å². The predicted molar refractivity (Wildman–Crippen MR) is 55.8 cm³/mol. The first-order chi connectivity index (χ1) is 5.30. The summed E-state index contributed by atoms with van der Waals surface area (Å²) in [6, 6.07) is 0. The predicted octanol–water partition coefficient (Wildman–Crippen LogP) is 2.16. The number of allylic oxidation sites excluding steroid dienone is 1. The summed E-state index contributed by atoms with van der Waals surface area (Å²) in [7, 11) is 0. The number of hydrogen-bond acceptors (Lipinski definition) is 2. The molecule has 0 saturated carbocycles. The minimum absolute atomic E-state index is 0. The van der Waals surface area contributed by atoms with Crippen LogP contribution in [0.15, 0.2) is 11.3 Å². The van der Waals surface area contributed by atoms with Crippen LogP contribution in [0.5, 0.6) is 0 Å². The van der Waals surface area contributed by atoms with Crippen molar-refractivity contribution in [3.05, 3.63) is 11.3 Å². The van der Waals surface area contributed by atoms with Crippen molar-refractivity contribution in [2.75, 3.05) is 0 Å². The van der Waals surface area contributed by atoms with E-state index in [0.717, 1.165) is 0 Å². The van der Waals surface area contributed by atoms with Crippen LogP contribution in [0.1, 0.15) is 34.1 Å². The van der Waals surface area contributed by atoms with E-state index >= 15 is 0 Å². The Labute approximate surface area is 85.4 Å². The van der Waals surface area contributed by atoms with E-state index in [2.05, 4.69) is 0 Å². The molecule has 0 amide bonds. The average Bonchev–Trinajstić information content (AvgIpc) is 1.83. The highest BCUT2D eigenvalue weighted by atomic mass is 35.5. The quantitative estimate of drug-likeness (QED) is 0.683. The van der Waals surface area contributed by atoms with Gasteiger partial charge in [-0.2, -0.15) is 0 Å². The van der Waals surface area contributed by atoms with Crippen LogP contribution in [0, 0.1) is 5.41 Å². The van der Waals surface area contributed by atoms with Gasteiger partial charge in [-0.1, -0.05) is 27.7 Å². The summed E-state index contributed by atoms with van der Waals surface area (Å²) < 4.78 is 0. The van der Waals surface area contributed by atoms with E-state index in [1.807, 2.05) is 27.7 Å². The van der Waals surface area contributed by atoms with Gasteiger partial charge in [0.1, 0.15) is 0 Å². The maximum atomic E-state index is 10.8. The molecule has 4 heteroatoms. The number of carbonyl (C=O) groups is 1. The molecule has 3 nitrogen and oxygen atoms in total. The minimum Gasteiger partial charge on any atom is -0.478 e. The Balaban J connectivity index is 0. The number of rotatable bonds is 2. The van der Waals surface area contributed by atoms with E-state index in [9.17, 15) is 4.79 Å². The van der Waals surface area contributed by atoms with E-state index in [4.69, 9.17) is 10.8 Å². The highest BCUT2D eigenvalue weighted by Gasteiger charge is 2.25. The molecule has 3 N–H and O–H groups in total. The summed E-state index contributed by atoms with van der Waals surface area (Å²) in [5, 5.41) is 8.87. The van der Waals surface area contributed by atoms with Crippen molar-refractivity contribution in [1.82, 2.24) is 0 Å². The lowest BCUT2D eigenvalue weighted by Crippen LogP contribution is -2.22. The van der Waals surface area contributed by atoms with Crippen LogP contribution in [0.4, 0.5) is 0 Å². The lowest BCUT2D eigenvalue weighted by Gasteiger charge is -2.21. The molecular weight excluding hydrogens is 190 g/mol. The molecule has 13 heavy (non-hydrogen) atoms. The second-order valence-electron chi connectivity index (χ2n) is 3.81. The molecule has 0 aromatic carbocycles. The van der Waals surface area contributed by atoms with Crippen LogP contribution < -0.4 is 5.73 Å². The number of halogens is 1. The number of hydrogen-bond donors (Lipinski definition) is 2. The summed E-state index contributed by atoms with van der Waals surface area (Å²) in [6.45, 7) is 7.39. The van der Waals surface area contributed by atoms with Crippen molar-refractivity contribution in [3.63, 3.8) is 0 Å². The van der Waals surface area contributed by atoms with Crippen molar-refractivity contribution in [3.8, 4) is 0 Å². The third kappa shape index (κ3) is 4.18. The smallest absolute Gasteiger partial charge is 0.333 e. The van der Waals surface area contributed by atoms with Gasteiger partial charge in [-0.05, 0) is 11.8 Å². The average molecular weight is 208 g/mol. The van der Waals surface area contributed by atoms with Crippen LogP contribution in [-0.2, 0) is 4.79 Å². The summed E-state index contributed by atoms with van der Waals surface area (Å²) in [5.74, 6) is -0.915. The number of nitrogens with two attached hydrogens (primary N) is 1. The second-order valence-corrected chi connectivity index (χ2v) is 3.81. The van der Waals surface area contributed by atoms with Gasteiger partial charge in [-0.3, -0.25) is 0 Å². The molecule has 0 aromatic heterocycles. The molecule has 0 rings (SSSR count). The third-order valence-corrected chi connectivity index (χ3v) is 1.67. The van der Waals surface area contributed by atoms with Crippen LogP contribution in [0.25, 0.3) is 0 Å². The Morgan fingerprint density at radius 1 is 1.38 bits per heavy atom. The standard InChI is InChI=1S/C9H17NO2.ClH/c1-5-6(10)7(8(11)12)9(2,3)4;/h5,10H2,1-4H3,(H,11,12);1H. The highest BCUT2D eigenvalue weighted by Crippen LogP contribution is 2.27. The van der Waals surface area contributed by atoms with Gasteiger partial charge in [0, 0.05) is 5.70 Å². The zero-order valence-corrected chi connectivity index (χ0v) is 9.36. The largest absolute Gasteiger partial charge is 0.478 e. The molecule has 0 saturated heterocycles. The lowest BCUT2D eigenvalue weighted by atomic mass is 9.84. The molecule has 0 bridgehead atoms. The van der Waals surface area contributed by atoms with Gasteiger partial charge in [-0.15, -0.1) is 12.4 Å². The van der Waals surface area contributed by atoms with E-state index in [-0.39, 0.29) is 17.8 Å². The first-order valence-corrected chi connectivity index (χ1v) is 4.03. The highest BCUT2D eigenvalue weighted by molar-refractivity contribution is 5.88. The first kappa shape index (κ1) is 14.8. The van der Waals surface area contributed by atoms with Gasteiger partial charge in [0.05, 0.1) is 5.57 Å². The van der Waals surface area contributed by atoms with Gasteiger partial charge in [0.2, 0.25) is 0 Å². The van der Waals surface area contributed by atoms with Crippen molar-refractivity contribution in [2.24, 2.45) is 11.1 Å². The van der Waals surface area contributed by atoms with Gasteiger partial charge < -0.3 is 10.8 Å². The molecule has 0 atom stereocenters. The summed E-state index contributed by atoms with van der Waals surface area (Å²) >= 11 is 0. The lowest BCUT2D eigenvalue weighted by molar-refractivity contribution is -0.133.